The van der Waals surface area contributed by atoms with Crippen molar-refractivity contribution in [2.75, 3.05) is 13.7 Å². The number of carbonyl (C=O) groups is 1. The van der Waals surface area contributed by atoms with Gasteiger partial charge < -0.3 is 9.84 Å². The lowest BCUT2D eigenvalue weighted by molar-refractivity contribution is 0.0596. The van der Waals surface area contributed by atoms with Crippen molar-refractivity contribution in [2.45, 2.75) is 24.3 Å². The molecule has 1 aromatic rings. The van der Waals surface area contributed by atoms with Crippen molar-refractivity contribution in [1.82, 2.24) is 4.72 Å². The molecular formula is C12H16FNO5S. The number of hydrogen-bond acceptors (Lipinski definition) is 5. The van der Waals surface area contributed by atoms with E-state index in [1.54, 1.807) is 6.92 Å². The molecule has 8 heteroatoms. The van der Waals surface area contributed by atoms with Crippen molar-refractivity contribution in [3.63, 3.8) is 0 Å². The van der Waals surface area contributed by atoms with Gasteiger partial charge in [-0.05, 0) is 31.5 Å². The Hall–Kier alpha value is -1.51. The average Bonchev–Trinajstić information content (AvgIpc) is 2.37. The molecule has 0 aliphatic heterocycles. The highest BCUT2D eigenvalue weighted by Crippen LogP contribution is 2.19. The summed E-state index contributed by atoms with van der Waals surface area (Å²) in [6.07, 6.45) is 0.197. The van der Waals surface area contributed by atoms with Gasteiger partial charge in [0.25, 0.3) is 0 Å². The first-order chi connectivity index (χ1) is 9.31. The van der Waals surface area contributed by atoms with Gasteiger partial charge in [-0.3, -0.25) is 0 Å². The van der Waals surface area contributed by atoms with Crippen LogP contribution in [-0.4, -0.2) is 39.3 Å². The quantitative estimate of drug-likeness (QED) is 0.753. The van der Waals surface area contributed by atoms with Crippen molar-refractivity contribution in [3.05, 3.63) is 29.6 Å². The molecule has 1 rings (SSSR count). The highest BCUT2D eigenvalue weighted by molar-refractivity contribution is 7.89. The van der Waals surface area contributed by atoms with Gasteiger partial charge in [-0.15, -0.1) is 0 Å². The number of esters is 1. The van der Waals surface area contributed by atoms with Crippen molar-refractivity contribution in [1.29, 1.82) is 0 Å². The summed E-state index contributed by atoms with van der Waals surface area (Å²) in [4.78, 5) is 11.0. The average molecular weight is 305 g/mol. The largest absolute Gasteiger partial charge is 0.465 e. The molecule has 0 radical (unpaired) electrons. The predicted molar refractivity (Wildman–Crippen MR) is 69.2 cm³/mol. The van der Waals surface area contributed by atoms with E-state index in [9.17, 15) is 17.6 Å². The van der Waals surface area contributed by atoms with Crippen LogP contribution < -0.4 is 4.72 Å². The minimum absolute atomic E-state index is 0.197. The maximum atomic E-state index is 13.2. The van der Waals surface area contributed by atoms with E-state index < -0.39 is 32.7 Å². The Balaban J connectivity index is 3.22. The molecule has 20 heavy (non-hydrogen) atoms. The third kappa shape index (κ3) is 3.99. The fourth-order valence-electron chi connectivity index (χ4n) is 1.58. The van der Waals surface area contributed by atoms with Crippen LogP contribution >= 0.6 is 0 Å². The summed E-state index contributed by atoms with van der Waals surface area (Å²) in [5.74, 6) is -1.66. The van der Waals surface area contributed by atoms with Gasteiger partial charge in [0, 0.05) is 12.6 Å². The minimum atomic E-state index is -4.09. The van der Waals surface area contributed by atoms with Gasteiger partial charge in [-0.2, -0.15) is 0 Å². The molecule has 0 heterocycles. The fourth-order valence-corrected chi connectivity index (χ4v) is 3.06. The summed E-state index contributed by atoms with van der Waals surface area (Å²) >= 11 is 0. The first-order valence-corrected chi connectivity index (χ1v) is 7.31. The lowest BCUT2D eigenvalue weighted by atomic mass is 10.2. The summed E-state index contributed by atoms with van der Waals surface area (Å²) in [6.45, 7) is 1.35. The summed E-state index contributed by atoms with van der Waals surface area (Å²) in [6, 6.07) is 2.22. The molecule has 0 saturated heterocycles. The summed E-state index contributed by atoms with van der Waals surface area (Å²) in [7, 11) is -2.99. The van der Waals surface area contributed by atoms with E-state index in [0.29, 0.717) is 0 Å². The van der Waals surface area contributed by atoms with Crippen molar-refractivity contribution < 1.29 is 27.4 Å². The van der Waals surface area contributed by atoms with Crippen LogP contribution in [0.5, 0.6) is 0 Å². The summed E-state index contributed by atoms with van der Waals surface area (Å²) in [5, 5.41) is 8.76. The van der Waals surface area contributed by atoms with E-state index in [1.807, 2.05) is 0 Å². The molecule has 112 valence electrons. The highest BCUT2D eigenvalue weighted by atomic mass is 32.2. The van der Waals surface area contributed by atoms with Crippen molar-refractivity contribution in [2.24, 2.45) is 0 Å². The number of carbonyl (C=O) groups excluding carboxylic acids is 1. The number of hydrogen-bond donors (Lipinski definition) is 2. The Morgan fingerprint density at radius 2 is 2.15 bits per heavy atom. The van der Waals surface area contributed by atoms with Gasteiger partial charge in [-0.25, -0.2) is 22.3 Å². The number of nitrogens with one attached hydrogen (secondary N) is 1. The molecular weight excluding hydrogens is 289 g/mol. The molecule has 1 atom stereocenters. The lowest BCUT2D eigenvalue weighted by Gasteiger charge is -2.15. The third-order valence-electron chi connectivity index (χ3n) is 2.56. The Labute approximate surface area is 116 Å². The number of rotatable bonds is 6. The van der Waals surface area contributed by atoms with Gasteiger partial charge in [0.1, 0.15) is 5.82 Å². The molecule has 0 aliphatic carbocycles. The molecule has 1 unspecified atom stereocenters. The molecule has 1 aromatic carbocycles. The maximum Gasteiger partial charge on any atom is 0.339 e. The topological polar surface area (TPSA) is 92.7 Å². The minimum Gasteiger partial charge on any atom is -0.465 e. The number of ether oxygens (including phenoxy) is 1. The third-order valence-corrected chi connectivity index (χ3v) is 4.19. The second-order valence-electron chi connectivity index (χ2n) is 4.17. The van der Waals surface area contributed by atoms with Gasteiger partial charge in [0.2, 0.25) is 10.0 Å². The SMILES string of the molecule is COC(=O)c1ccc(F)cc1S(=O)(=O)NC(C)CCO. The lowest BCUT2D eigenvalue weighted by Crippen LogP contribution is -2.34. The van der Waals surface area contributed by atoms with E-state index in [-0.39, 0.29) is 18.6 Å². The maximum absolute atomic E-state index is 13.2. The van der Waals surface area contributed by atoms with E-state index >= 15 is 0 Å². The number of methoxy groups -OCH3 is 1. The van der Waals surface area contributed by atoms with E-state index in [4.69, 9.17) is 5.11 Å². The first kappa shape index (κ1) is 16.5. The molecule has 0 saturated carbocycles. The van der Waals surface area contributed by atoms with Crippen molar-refractivity contribution >= 4 is 16.0 Å². The van der Waals surface area contributed by atoms with Gasteiger partial charge in [0.15, 0.2) is 0 Å². The predicted octanol–water partition coefficient (Wildman–Crippen LogP) is 0.661. The second kappa shape index (κ2) is 6.78. The second-order valence-corrected chi connectivity index (χ2v) is 5.85. The number of benzene rings is 1. The molecule has 0 aromatic heterocycles. The van der Waals surface area contributed by atoms with E-state index in [0.717, 1.165) is 25.3 Å². The number of aliphatic hydroxyl groups is 1. The fraction of sp³-hybridized carbons (Fsp3) is 0.417. The molecule has 0 spiro atoms. The zero-order valence-electron chi connectivity index (χ0n) is 11.1. The monoisotopic (exact) mass is 305 g/mol. The molecule has 0 bridgehead atoms. The van der Waals surface area contributed by atoms with E-state index in [1.165, 1.54) is 0 Å². The van der Waals surface area contributed by atoms with Crippen LogP contribution in [0.15, 0.2) is 23.1 Å². The Morgan fingerprint density at radius 1 is 1.50 bits per heavy atom. The molecule has 6 nitrogen and oxygen atoms in total. The highest BCUT2D eigenvalue weighted by Gasteiger charge is 2.25. The zero-order valence-corrected chi connectivity index (χ0v) is 11.9. The van der Waals surface area contributed by atoms with Gasteiger partial charge in [-0.1, -0.05) is 0 Å². The molecule has 0 aliphatic rings. The summed E-state index contributed by atoms with van der Waals surface area (Å²) in [5.41, 5.74) is -0.252. The standard InChI is InChI=1S/C12H16FNO5S/c1-8(5-6-15)14-20(17,18)11-7-9(13)3-4-10(11)12(16)19-2/h3-4,7-8,14-15H,5-6H2,1-2H3. The first-order valence-electron chi connectivity index (χ1n) is 5.83. The Kier molecular flexibility index (Phi) is 5.61. The molecule has 0 fully saturated rings. The van der Waals surface area contributed by atoms with Gasteiger partial charge >= 0.3 is 5.97 Å². The van der Waals surface area contributed by atoms with Crippen molar-refractivity contribution in [3.8, 4) is 0 Å². The van der Waals surface area contributed by atoms with Gasteiger partial charge in [0.05, 0.1) is 17.6 Å². The Morgan fingerprint density at radius 3 is 2.70 bits per heavy atom. The van der Waals surface area contributed by atoms with Crippen LogP contribution in [-0.2, 0) is 14.8 Å². The number of sulfonamides is 1. The Bertz CT molecular complexity index is 588. The molecule has 2 N–H and O–H groups in total. The van der Waals surface area contributed by atoms with Crippen LogP contribution in [0.2, 0.25) is 0 Å². The normalized spacial score (nSPS) is 13.0. The van der Waals surface area contributed by atoms with Crippen LogP contribution in [0.25, 0.3) is 0 Å². The van der Waals surface area contributed by atoms with Crippen LogP contribution in [0, 0.1) is 5.82 Å². The smallest absolute Gasteiger partial charge is 0.339 e. The van der Waals surface area contributed by atoms with Crippen LogP contribution in [0.1, 0.15) is 23.7 Å². The molecule has 0 amide bonds. The van der Waals surface area contributed by atoms with E-state index in [2.05, 4.69) is 9.46 Å². The van der Waals surface area contributed by atoms with Crippen LogP contribution in [0.3, 0.4) is 0 Å². The zero-order chi connectivity index (χ0) is 15.3. The van der Waals surface area contributed by atoms with Crippen LogP contribution in [0.4, 0.5) is 4.39 Å². The summed E-state index contributed by atoms with van der Waals surface area (Å²) < 4.78 is 44.3. The number of halogens is 1. The number of aliphatic hydroxyl groups excluding tert-OH is 1.